The van der Waals surface area contributed by atoms with E-state index in [1.54, 1.807) is 24.3 Å². The van der Waals surface area contributed by atoms with Gasteiger partial charge in [0.2, 0.25) is 11.8 Å². The maximum atomic E-state index is 14.2. The second-order valence-corrected chi connectivity index (χ2v) is 12.7. The number of nitrogens with two attached hydrogens (primary N) is 2. The summed E-state index contributed by atoms with van der Waals surface area (Å²) in [5.41, 5.74) is 17.0. The predicted octanol–water partition coefficient (Wildman–Crippen LogP) is 4.13. The van der Waals surface area contributed by atoms with Crippen LogP contribution in [0.25, 0.3) is 22.2 Å². The Bertz CT molecular complexity index is 1810. The lowest BCUT2D eigenvalue weighted by molar-refractivity contribution is -0.127. The van der Waals surface area contributed by atoms with Crippen molar-refractivity contribution in [3.63, 3.8) is 0 Å². The number of carbonyl (C=O) groups is 3. The number of halogens is 1. The molecule has 2 aliphatic carbocycles. The van der Waals surface area contributed by atoms with Gasteiger partial charge in [-0.05, 0) is 99.7 Å². The van der Waals surface area contributed by atoms with Gasteiger partial charge in [-0.15, -0.1) is 12.4 Å². The number of imidazole rings is 1. The summed E-state index contributed by atoms with van der Waals surface area (Å²) in [6, 6.07) is 15.8. The van der Waals surface area contributed by atoms with E-state index in [0.717, 1.165) is 54.5 Å². The van der Waals surface area contributed by atoms with E-state index >= 15 is 0 Å². The first kappa shape index (κ1) is 33.9. The number of hydrogen-bond acceptors (Lipinski definition) is 6. The molecule has 0 unspecified atom stereocenters. The lowest BCUT2D eigenvalue weighted by Crippen LogP contribution is -2.52. The van der Waals surface area contributed by atoms with Crippen LogP contribution in [0.2, 0.25) is 0 Å². The molecule has 2 heterocycles. The maximum Gasteiger partial charge on any atom is 0.323 e. The van der Waals surface area contributed by atoms with E-state index in [2.05, 4.69) is 20.3 Å². The molecular formula is C35H42ClN7O4. The summed E-state index contributed by atoms with van der Waals surface area (Å²) in [7, 11) is 0. The zero-order valence-electron chi connectivity index (χ0n) is 26.5. The smallest absolute Gasteiger partial charge is 0.323 e. The zero-order chi connectivity index (χ0) is 32.4. The van der Waals surface area contributed by atoms with E-state index in [0.29, 0.717) is 47.7 Å². The SMILES string of the molecule is Cc1nc(C(=O)NC2CCC2)ccc1-c1ccc(C[C@@H](C(N)=O)N(c2ccc3[nH]c(=O)[nH]c3c2)C(=O)[C@H]2CC[C@H](CN)CC2)cc1.Cl. The first-order valence-electron chi connectivity index (χ1n) is 16.1. The molecule has 0 radical (unpaired) electrons. The molecule has 0 bridgehead atoms. The number of aromatic amines is 2. The van der Waals surface area contributed by atoms with Crippen molar-refractivity contribution in [1.82, 2.24) is 20.3 Å². The fourth-order valence-electron chi connectivity index (χ4n) is 6.64. The van der Waals surface area contributed by atoms with Crippen LogP contribution in [0.5, 0.6) is 0 Å². The highest BCUT2D eigenvalue weighted by molar-refractivity contribution is 6.02. The average molecular weight is 660 g/mol. The van der Waals surface area contributed by atoms with E-state index in [4.69, 9.17) is 11.5 Å². The minimum atomic E-state index is -0.953. The quantitative estimate of drug-likeness (QED) is 0.171. The molecule has 6 rings (SSSR count). The summed E-state index contributed by atoms with van der Waals surface area (Å²) in [6.45, 7) is 2.48. The average Bonchev–Trinajstić information content (AvgIpc) is 3.42. The fourth-order valence-corrected chi connectivity index (χ4v) is 6.64. The van der Waals surface area contributed by atoms with E-state index in [1.165, 1.54) is 4.90 Å². The maximum absolute atomic E-state index is 14.2. The summed E-state index contributed by atoms with van der Waals surface area (Å²) >= 11 is 0. The lowest BCUT2D eigenvalue weighted by Gasteiger charge is -2.35. The number of amides is 3. The molecule has 12 heteroatoms. The van der Waals surface area contributed by atoms with Gasteiger partial charge in [0.1, 0.15) is 11.7 Å². The first-order valence-corrected chi connectivity index (χ1v) is 16.1. The largest absolute Gasteiger partial charge is 0.368 e. The van der Waals surface area contributed by atoms with Crippen LogP contribution in [0.4, 0.5) is 5.69 Å². The van der Waals surface area contributed by atoms with Crippen LogP contribution in [0, 0.1) is 18.8 Å². The number of rotatable bonds is 10. The Morgan fingerprint density at radius 1 is 0.957 bits per heavy atom. The van der Waals surface area contributed by atoms with Gasteiger partial charge >= 0.3 is 5.69 Å². The Labute approximate surface area is 279 Å². The fraction of sp³-hybridized carbons (Fsp3) is 0.400. The molecule has 2 aliphatic rings. The third-order valence-electron chi connectivity index (χ3n) is 9.64. The van der Waals surface area contributed by atoms with Gasteiger partial charge in [-0.1, -0.05) is 30.3 Å². The number of anilines is 1. The van der Waals surface area contributed by atoms with Crippen LogP contribution in [0.15, 0.2) is 59.4 Å². The zero-order valence-corrected chi connectivity index (χ0v) is 27.3. The van der Waals surface area contributed by atoms with E-state index in [9.17, 15) is 19.2 Å². The molecule has 4 aromatic rings. The molecule has 2 fully saturated rings. The van der Waals surface area contributed by atoms with Gasteiger partial charge in [-0.3, -0.25) is 19.3 Å². The second kappa shape index (κ2) is 14.5. The van der Waals surface area contributed by atoms with Gasteiger partial charge in [-0.25, -0.2) is 9.78 Å². The normalized spacial score (nSPS) is 18.5. The van der Waals surface area contributed by atoms with Crippen molar-refractivity contribution < 1.29 is 14.4 Å². The molecule has 0 saturated heterocycles. The van der Waals surface area contributed by atoms with Crippen LogP contribution in [0.1, 0.15) is 66.7 Å². The van der Waals surface area contributed by atoms with Gasteiger partial charge < -0.3 is 26.8 Å². The summed E-state index contributed by atoms with van der Waals surface area (Å²) in [5, 5.41) is 3.03. The molecule has 0 spiro atoms. The molecule has 1 atom stereocenters. The number of H-pyrrole nitrogens is 2. The van der Waals surface area contributed by atoms with Crippen molar-refractivity contribution >= 4 is 46.8 Å². The highest BCUT2D eigenvalue weighted by atomic mass is 35.5. The summed E-state index contributed by atoms with van der Waals surface area (Å²) in [6.07, 6.45) is 6.46. The third kappa shape index (κ3) is 7.41. The van der Waals surface area contributed by atoms with Crippen molar-refractivity contribution in [2.24, 2.45) is 23.3 Å². The van der Waals surface area contributed by atoms with Crippen LogP contribution >= 0.6 is 12.4 Å². The number of carbonyl (C=O) groups excluding carboxylic acids is 3. The van der Waals surface area contributed by atoms with Crippen LogP contribution in [0.3, 0.4) is 0 Å². The number of hydrogen-bond donors (Lipinski definition) is 5. The number of aryl methyl sites for hydroxylation is 1. The molecule has 11 nitrogen and oxygen atoms in total. The van der Waals surface area contributed by atoms with Crippen molar-refractivity contribution in [1.29, 1.82) is 0 Å². The molecule has 7 N–H and O–H groups in total. The van der Waals surface area contributed by atoms with Gasteiger partial charge in [0.25, 0.3) is 5.91 Å². The highest BCUT2D eigenvalue weighted by Crippen LogP contribution is 2.33. The summed E-state index contributed by atoms with van der Waals surface area (Å²) in [4.78, 5) is 63.3. The molecule has 0 aliphatic heterocycles. The van der Waals surface area contributed by atoms with Crippen LogP contribution < -0.4 is 27.4 Å². The molecule has 47 heavy (non-hydrogen) atoms. The minimum absolute atomic E-state index is 0. The number of fused-ring (bicyclic) bond motifs is 1. The Morgan fingerprint density at radius 3 is 2.28 bits per heavy atom. The second-order valence-electron chi connectivity index (χ2n) is 12.7. The van der Waals surface area contributed by atoms with Gasteiger partial charge in [-0.2, -0.15) is 0 Å². The van der Waals surface area contributed by atoms with Gasteiger partial charge in [0.15, 0.2) is 0 Å². The van der Waals surface area contributed by atoms with E-state index < -0.39 is 11.9 Å². The molecule has 2 aromatic carbocycles. The van der Waals surface area contributed by atoms with E-state index in [1.807, 2.05) is 37.3 Å². The highest BCUT2D eigenvalue weighted by Gasteiger charge is 2.36. The molecule has 2 saturated carbocycles. The number of primary amides is 1. The molecule has 2 aromatic heterocycles. The number of benzene rings is 2. The lowest BCUT2D eigenvalue weighted by atomic mass is 9.81. The van der Waals surface area contributed by atoms with Gasteiger partial charge in [0, 0.05) is 35.3 Å². The topological polar surface area (TPSA) is 180 Å². The van der Waals surface area contributed by atoms with Crippen molar-refractivity contribution in [3.8, 4) is 11.1 Å². The molecule has 248 valence electrons. The predicted molar refractivity (Wildman–Crippen MR) is 184 cm³/mol. The Balaban J connectivity index is 0.00000433. The van der Waals surface area contributed by atoms with E-state index in [-0.39, 0.29) is 48.3 Å². The summed E-state index contributed by atoms with van der Waals surface area (Å²) in [5.74, 6) is -0.797. The molecular weight excluding hydrogens is 618 g/mol. The van der Waals surface area contributed by atoms with Crippen molar-refractivity contribution in [2.75, 3.05) is 11.4 Å². The number of nitrogens with one attached hydrogen (secondary N) is 3. The first-order chi connectivity index (χ1) is 22.2. The van der Waals surface area contributed by atoms with Crippen molar-refractivity contribution in [2.45, 2.75) is 70.4 Å². The number of pyridine rings is 1. The monoisotopic (exact) mass is 659 g/mol. The Kier molecular flexibility index (Phi) is 10.5. The molecule has 3 amide bonds. The summed E-state index contributed by atoms with van der Waals surface area (Å²) < 4.78 is 0. The number of nitrogens with zero attached hydrogens (tertiary/aromatic N) is 2. The third-order valence-corrected chi connectivity index (χ3v) is 9.64. The van der Waals surface area contributed by atoms with Gasteiger partial charge in [0.05, 0.1) is 11.0 Å². The Hall–Kier alpha value is -4.48. The standard InChI is InChI=1S/C35H41N7O4.ClH/c1-20-27(14-16-29(38-20)33(44)39-25-3-2-4-25)23-9-5-21(6-10-23)17-31(32(37)43)42(34(45)24-11-7-22(19-36)8-12-24)26-13-15-28-30(18-26)41-35(46)40-28;/h5-6,9-10,13-16,18,22,24-25,31H,2-4,7-8,11-12,17,19,36H2,1H3,(H2,37,43)(H,39,44)(H2,40,41,46);1H/t22-,24-,31-;/m0./s1. The Morgan fingerprint density at radius 2 is 1.66 bits per heavy atom. The van der Waals surface area contributed by atoms with Crippen LogP contribution in [-0.2, 0) is 16.0 Å². The number of aromatic nitrogens is 3. The van der Waals surface area contributed by atoms with Crippen molar-refractivity contribution in [3.05, 3.63) is 82.0 Å². The minimum Gasteiger partial charge on any atom is -0.368 e. The van der Waals surface area contributed by atoms with Crippen LogP contribution in [-0.4, -0.2) is 51.3 Å².